The second-order valence-electron chi connectivity index (χ2n) is 5.51. The SMILES string of the molecule is COCC(C(C)C)n1cc(C(=O)O)c(=O)c2cc(I)ccc21. The average Bonchev–Trinajstić information content (AvgIpc) is 2.45. The number of halogens is 1. The lowest BCUT2D eigenvalue weighted by Crippen LogP contribution is -2.26. The van der Waals surface area contributed by atoms with Crippen molar-refractivity contribution < 1.29 is 14.6 Å². The van der Waals surface area contributed by atoms with Gasteiger partial charge in [-0.15, -0.1) is 0 Å². The van der Waals surface area contributed by atoms with Crippen LogP contribution in [0.25, 0.3) is 10.9 Å². The van der Waals surface area contributed by atoms with E-state index >= 15 is 0 Å². The van der Waals surface area contributed by atoms with E-state index in [9.17, 15) is 14.7 Å². The lowest BCUT2D eigenvalue weighted by Gasteiger charge is -2.26. The molecule has 0 fully saturated rings. The van der Waals surface area contributed by atoms with Gasteiger partial charge in [0.05, 0.1) is 18.2 Å². The number of benzene rings is 1. The maximum Gasteiger partial charge on any atom is 0.341 e. The highest BCUT2D eigenvalue weighted by atomic mass is 127. The van der Waals surface area contributed by atoms with Crippen LogP contribution in [-0.2, 0) is 4.74 Å². The van der Waals surface area contributed by atoms with Gasteiger partial charge >= 0.3 is 5.97 Å². The Balaban J connectivity index is 2.85. The average molecular weight is 415 g/mol. The third-order valence-corrected chi connectivity index (χ3v) is 4.36. The first-order chi connectivity index (χ1) is 10.4. The van der Waals surface area contributed by atoms with Crippen molar-refractivity contribution in [1.82, 2.24) is 4.57 Å². The van der Waals surface area contributed by atoms with Gasteiger partial charge in [0, 0.05) is 22.3 Å². The second-order valence-corrected chi connectivity index (χ2v) is 6.76. The van der Waals surface area contributed by atoms with E-state index in [2.05, 4.69) is 22.6 Å². The van der Waals surface area contributed by atoms with E-state index in [1.165, 1.54) is 6.20 Å². The normalized spacial score (nSPS) is 12.8. The monoisotopic (exact) mass is 415 g/mol. The molecule has 22 heavy (non-hydrogen) atoms. The fraction of sp³-hybridized carbons (Fsp3) is 0.375. The Morgan fingerprint density at radius 3 is 2.64 bits per heavy atom. The maximum absolute atomic E-state index is 12.4. The molecule has 1 unspecified atom stereocenters. The minimum absolute atomic E-state index is 0.0498. The zero-order valence-corrected chi connectivity index (χ0v) is 14.8. The number of rotatable bonds is 5. The van der Waals surface area contributed by atoms with Crippen molar-refractivity contribution in [3.63, 3.8) is 0 Å². The topological polar surface area (TPSA) is 68.5 Å². The highest BCUT2D eigenvalue weighted by molar-refractivity contribution is 14.1. The summed E-state index contributed by atoms with van der Waals surface area (Å²) in [7, 11) is 1.61. The molecule has 0 saturated carbocycles. The molecular weight excluding hydrogens is 397 g/mol. The van der Waals surface area contributed by atoms with E-state index in [0.717, 1.165) is 9.09 Å². The van der Waals surface area contributed by atoms with Gasteiger partial charge in [-0.3, -0.25) is 4.79 Å². The molecule has 0 spiro atoms. The minimum atomic E-state index is -1.21. The van der Waals surface area contributed by atoms with E-state index in [-0.39, 0.29) is 17.5 Å². The zero-order chi connectivity index (χ0) is 16.4. The summed E-state index contributed by atoms with van der Waals surface area (Å²) in [6, 6.07) is 5.44. The molecule has 2 rings (SSSR count). The number of hydrogen-bond donors (Lipinski definition) is 1. The van der Waals surface area contributed by atoms with Crippen molar-refractivity contribution in [3.8, 4) is 0 Å². The summed E-state index contributed by atoms with van der Waals surface area (Å²) in [4.78, 5) is 23.8. The number of carboxylic acid groups (broad SMARTS) is 1. The minimum Gasteiger partial charge on any atom is -0.477 e. The first kappa shape index (κ1) is 17.0. The van der Waals surface area contributed by atoms with E-state index in [1.54, 1.807) is 13.2 Å². The highest BCUT2D eigenvalue weighted by Crippen LogP contribution is 2.24. The number of methoxy groups -OCH3 is 1. The van der Waals surface area contributed by atoms with Crippen LogP contribution < -0.4 is 5.43 Å². The zero-order valence-electron chi connectivity index (χ0n) is 12.7. The Morgan fingerprint density at radius 1 is 1.41 bits per heavy atom. The molecule has 0 aliphatic carbocycles. The van der Waals surface area contributed by atoms with Gasteiger partial charge in [0.1, 0.15) is 5.56 Å². The van der Waals surface area contributed by atoms with Crippen molar-refractivity contribution >= 4 is 39.5 Å². The summed E-state index contributed by atoms with van der Waals surface area (Å²) < 4.78 is 8.02. The number of aromatic nitrogens is 1. The number of nitrogens with zero attached hydrogens (tertiary/aromatic N) is 1. The Labute approximate surface area is 142 Å². The fourth-order valence-corrected chi connectivity index (χ4v) is 3.01. The molecule has 1 atom stereocenters. The van der Waals surface area contributed by atoms with Gasteiger partial charge in [0.15, 0.2) is 0 Å². The van der Waals surface area contributed by atoms with Crippen molar-refractivity contribution in [3.05, 3.63) is 43.8 Å². The second kappa shape index (κ2) is 6.78. The summed E-state index contributed by atoms with van der Waals surface area (Å²) in [6.07, 6.45) is 1.43. The predicted octanol–water partition coefficient (Wildman–Crippen LogP) is 3.15. The third-order valence-electron chi connectivity index (χ3n) is 3.69. The summed E-state index contributed by atoms with van der Waals surface area (Å²) in [5.74, 6) is -0.981. The number of aromatic carboxylic acids is 1. The van der Waals surface area contributed by atoms with Crippen LogP contribution in [0, 0.1) is 9.49 Å². The molecule has 2 aromatic rings. The number of pyridine rings is 1. The van der Waals surface area contributed by atoms with Crippen LogP contribution >= 0.6 is 22.6 Å². The number of hydrogen-bond acceptors (Lipinski definition) is 3. The van der Waals surface area contributed by atoms with Crippen LogP contribution in [-0.4, -0.2) is 29.4 Å². The first-order valence-corrected chi connectivity index (χ1v) is 8.01. The Bertz CT molecular complexity index is 767. The first-order valence-electron chi connectivity index (χ1n) is 6.93. The lowest BCUT2D eigenvalue weighted by molar-refractivity contribution is 0.0693. The summed E-state index contributed by atoms with van der Waals surface area (Å²) >= 11 is 2.11. The van der Waals surface area contributed by atoms with Gasteiger partial charge in [-0.05, 0) is 46.7 Å². The smallest absolute Gasteiger partial charge is 0.341 e. The molecule has 0 amide bonds. The largest absolute Gasteiger partial charge is 0.477 e. The van der Waals surface area contributed by atoms with E-state index < -0.39 is 11.4 Å². The Kier molecular flexibility index (Phi) is 5.23. The van der Waals surface area contributed by atoms with Crippen LogP contribution in [0.3, 0.4) is 0 Å². The molecule has 0 radical (unpaired) electrons. The van der Waals surface area contributed by atoms with E-state index in [0.29, 0.717) is 12.0 Å². The standard InChI is InChI=1S/C16H18INO4/c1-9(2)14(8-22-3)18-7-12(16(20)21)15(19)11-6-10(17)4-5-13(11)18/h4-7,9,14H,8H2,1-3H3,(H,20,21). The summed E-state index contributed by atoms with van der Waals surface area (Å²) in [5, 5.41) is 9.75. The number of carboxylic acids is 1. The number of fused-ring (bicyclic) bond motifs is 1. The molecular formula is C16H18INO4. The van der Waals surface area contributed by atoms with E-state index in [1.807, 2.05) is 30.5 Å². The molecule has 1 N–H and O–H groups in total. The summed E-state index contributed by atoms with van der Waals surface area (Å²) in [6.45, 7) is 4.53. The highest BCUT2D eigenvalue weighted by Gasteiger charge is 2.21. The van der Waals surface area contributed by atoms with Crippen molar-refractivity contribution in [2.24, 2.45) is 5.92 Å². The molecule has 6 heteroatoms. The van der Waals surface area contributed by atoms with Crippen LogP contribution in [0.5, 0.6) is 0 Å². The van der Waals surface area contributed by atoms with Gasteiger partial charge in [0.25, 0.3) is 0 Å². The predicted molar refractivity (Wildman–Crippen MR) is 93.6 cm³/mol. The van der Waals surface area contributed by atoms with Crippen LogP contribution in [0.15, 0.2) is 29.2 Å². The Morgan fingerprint density at radius 2 is 2.09 bits per heavy atom. The quantitative estimate of drug-likeness (QED) is 0.762. The van der Waals surface area contributed by atoms with Crippen molar-refractivity contribution in [2.45, 2.75) is 19.9 Å². The number of ether oxygens (including phenoxy) is 1. The molecule has 5 nitrogen and oxygen atoms in total. The van der Waals surface area contributed by atoms with Crippen molar-refractivity contribution in [2.75, 3.05) is 13.7 Å². The fourth-order valence-electron chi connectivity index (χ4n) is 2.52. The number of carbonyl (C=O) groups is 1. The lowest BCUT2D eigenvalue weighted by atomic mass is 10.0. The van der Waals surface area contributed by atoms with Gasteiger partial charge < -0.3 is 14.4 Å². The Hall–Kier alpha value is -1.41. The van der Waals surface area contributed by atoms with Crippen molar-refractivity contribution in [1.29, 1.82) is 0 Å². The molecule has 0 bridgehead atoms. The molecule has 118 valence electrons. The summed E-state index contributed by atoms with van der Waals surface area (Å²) in [5.41, 5.74) is 0.0691. The van der Waals surface area contributed by atoms with Gasteiger partial charge in [-0.2, -0.15) is 0 Å². The molecule has 0 saturated heterocycles. The maximum atomic E-state index is 12.4. The van der Waals surface area contributed by atoms with Gasteiger partial charge in [0.2, 0.25) is 5.43 Å². The molecule has 0 aliphatic rings. The van der Waals surface area contributed by atoms with Crippen LogP contribution in [0.4, 0.5) is 0 Å². The molecule has 1 aromatic heterocycles. The molecule has 0 aliphatic heterocycles. The van der Waals surface area contributed by atoms with E-state index in [4.69, 9.17) is 4.74 Å². The van der Waals surface area contributed by atoms with Gasteiger partial charge in [-0.1, -0.05) is 13.8 Å². The van der Waals surface area contributed by atoms with Crippen LogP contribution in [0.2, 0.25) is 0 Å². The van der Waals surface area contributed by atoms with Crippen LogP contribution in [0.1, 0.15) is 30.2 Å². The molecule has 1 heterocycles. The molecule has 1 aromatic carbocycles. The third kappa shape index (κ3) is 3.17. The van der Waals surface area contributed by atoms with Gasteiger partial charge in [-0.25, -0.2) is 4.79 Å².